The molecule has 0 bridgehead atoms. The van der Waals surface area contributed by atoms with Crippen molar-refractivity contribution in [2.24, 2.45) is 0 Å². The molecule has 2 amide bonds. The summed E-state index contributed by atoms with van der Waals surface area (Å²) in [6.07, 6.45) is 1.66. The van der Waals surface area contributed by atoms with E-state index in [1.165, 1.54) is 0 Å². The highest BCUT2D eigenvalue weighted by atomic mass is 32.1. The molecule has 0 unspecified atom stereocenters. The van der Waals surface area contributed by atoms with Crippen LogP contribution < -0.4 is 10.1 Å². The van der Waals surface area contributed by atoms with Crippen molar-refractivity contribution < 1.29 is 14.3 Å². The Morgan fingerprint density at radius 1 is 1.18 bits per heavy atom. The fraction of sp³-hybridized carbons (Fsp3) is 0.333. The first kappa shape index (κ1) is 20.1. The maximum absolute atomic E-state index is 12.8. The van der Waals surface area contributed by atoms with Crippen LogP contribution in [0.3, 0.4) is 0 Å². The lowest BCUT2D eigenvalue weighted by atomic mass is 10.1. The predicted molar refractivity (Wildman–Crippen MR) is 111 cm³/mol. The lowest BCUT2D eigenvalue weighted by molar-refractivity contribution is -0.122. The normalized spacial score (nSPS) is 14.5. The zero-order chi connectivity index (χ0) is 19.8. The fourth-order valence-corrected chi connectivity index (χ4v) is 3.62. The summed E-state index contributed by atoms with van der Waals surface area (Å²) in [6.45, 7) is 7.49. The van der Waals surface area contributed by atoms with Gasteiger partial charge in [-0.15, -0.1) is 17.9 Å². The van der Waals surface area contributed by atoms with Crippen molar-refractivity contribution in [1.29, 1.82) is 0 Å². The van der Waals surface area contributed by atoms with E-state index in [9.17, 15) is 9.59 Å². The minimum Gasteiger partial charge on any atom is -0.488 e. The Balaban J connectivity index is 1.50. The highest BCUT2D eigenvalue weighted by Crippen LogP contribution is 2.18. The number of carbonyl (C=O) groups is 2. The average molecular weight is 400 g/mol. The van der Waals surface area contributed by atoms with Crippen LogP contribution in [0.1, 0.15) is 15.2 Å². The molecule has 1 saturated heterocycles. The van der Waals surface area contributed by atoms with E-state index in [0.717, 1.165) is 4.88 Å². The number of rotatable bonds is 8. The van der Waals surface area contributed by atoms with Crippen LogP contribution in [0.15, 0.2) is 54.4 Å². The second kappa shape index (κ2) is 10.1. The summed E-state index contributed by atoms with van der Waals surface area (Å²) >= 11 is 1.65. The Bertz CT molecular complexity index is 799. The van der Waals surface area contributed by atoms with Crippen LogP contribution in [0, 0.1) is 0 Å². The van der Waals surface area contributed by atoms with E-state index in [4.69, 9.17) is 4.74 Å². The van der Waals surface area contributed by atoms with E-state index in [-0.39, 0.29) is 11.8 Å². The molecule has 1 aromatic heterocycles. The third-order valence-electron chi connectivity index (χ3n) is 4.51. The predicted octanol–water partition coefficient (Wildman–Crippen LogP) is 2.39. The van der Waals surface area contributed by atoms with Crippen LogP contribution in [-0.2, 0) is 11.4 Å². The summed E-state index contributed by atoms with van der Waals surface area (Å²) in [5.41, 5.74) is 0.626. The van der Waals surface area contributed by atoms with Crippen molar-refractivity contribution in [3.05, 3.63) is 64.9 Å². The number of hydrogen-bond donors (Lipinski definition) is 1. The molecule has 6 nitrogen and oxygen atoms in total. The van der Waals surface area contributed by atoms with Gasteiger partial charge in [-0.1, -0.05) is 18.2 Å². The van der Waals surface area contributed by atoms with Gasteiger partial charge in [0.1, 0.15) is 12.4 Å². The first-order chi connectivity index (χ1) is 13.7. The zero-order valence-corrected chi connectivity index (χ0v) is 16.6. The number of nitrogens with zero attached hydrogens (tertiary/aromatic N) is 2. The number of piperazine rings is 1. The highest BCUT2D eigenvalue weighted by Gasteiger charge is 2.23. The van der Waals surface area contributed by atoms with E-state index >= 15 is 0 Å². The molecule has 1 aliphatic rings. The van der Waals surface area contributed by atoms with Crippen LogP contribution in [0.25, 0.3) is 0 Å². The first-order valence-electron chi connectivity index (χ1n) is 9.30. The van der Waals surface area contributed by atoms with Gasteiger partial charge in [0.05, 0.1) is 6.54 Å². The van der Waals surface area contributed by atoms with E-state index < -0.39 is 0 Å². The number of hydrogen-bond acceptors (Lipinski definition) is 5. The second-order valence-electron chi connectivity index (χ2n) is 6.56. The van der Waals surface area contributed by atoms with E-state index in [2.05, 4.69) is 16.8 Å². The van der Waals surface area contributed by atoms with Gasteiger partial charge in [-0.05, 0) is 29.6 Å². The van der Waals surface area contributed by atoms with Crippen molar-refractivity contribution in [2.75, 3.05) is 39.3 Å². The molecule has 1 fully saturated rings. The molecule has 0 spiro atoms. The topological polar surface area (TPSA) is 61.9 Å². The summed E-state index contributed by atoms with van der Waals surface area (Å²) in [5.74, 6) is 0.671. The third-order valence-corrected chi connectivity index (χ3v) is 5.36. The molecule has 1 aromatic carbocycles. The second-order valence-corrected chi connectivity index (χ2v) is 7.59. The molecule has 0 radical (unpaired) electrons. The minimum absolute atomic E-state index is 0.00247. The molecule has 0 atom stereocenters. The summed E-state index contributed by atoms with van der Waals surface area (Å²) in [5, 5.41) is 4.79. The van der Waals surface area contributed by atoms with Crippen molar-refractivity contribution in [1.82, 2.24) is 15.1 Å². The number of amides is 2. The number of ether oxygens (including phenoxy) is 1. The summed E-state index contributed by atoms with van der Waals surface area (Å²) in [7, 11) is 0. The highest BCUT2D eigenvalue weighted by molar-refractivity contribution is 7.09. The van der Waals surface area contributed by atoms with Gasteiger partial charge in [-0.2, -0.15) is 0 Å². The van der Waals surface area contributed by atoms with Gasteiger partial charge in [0.2, 0.25) is 5.91 Å². The molecular formula is C21H25N3O3S. The Labute approximate surface area is 169 Å². The van der Waals surface area contributed by atoms with E-state index in [1.807, 2.05) is 40.6 Å². The fourth-order valence-electron chi connectivity index (χ4n) is 3.00. The quantitative estimate of drug-likeness (QED) is 0.693. The Morgan fingerprint density at radius 2 is 2.00 bits per heavy atom. The summed E-state index contributed by atoms with van der Waals surface area (Å²) in [4.78, 5) is 29.6. The van der Waals surface area contributed by atoms with Crippen molar-refractivity contribution in [3.63, 3.8) is 0 Å². The molecule has 1 aliphatic heterocycles. The van der Waals surface area contributed by atoms with Gasteiger partial charge >= 0.3 is 0 Å². The Hall–Kier alpha value is -2.64. The van der Waals surface area contributed by atoms with Crippen LogP contribution >= 0.6 is 11.3 Å². The van der Waals surface area contributed by atoms with E-state index in [1.54, 1.807) is 23.5 Å². The molecule has 2 heterocycles. The number of thiophene rings is 1. The van der Waals surface area contributed by atoms with Gasteiger partial charge in [-0.3, -0.25) is 14.5 Å². The van der Waals surface area contributed by atoms with E-state index in [0.29, 0.717) is 57.2 Å². The van der Waals surface area contributed by atoms with Crippen molar-refractivity contribution in [3.8, 4) is 5.75 Å². The van der Waals surface area contributed by atoms with Crippen molar-refractivity contribution >= 4 is 23.2 Å². The van der Waals surface area contributed by atoms with Gasteiger partial charge in [0.25, 0.3) is 5.91 Å². The maximum Gasteiger partial charge on any atom is 0.254 e. The Kier molecular flexibility index (Phi) is 7.22. The molecule has 2 aromatic rings. The summed E-state index contributed by atoms with van der Waals surface area (Å²) < 4.78 is 5.80. The average Bonchev–Trinajstić information content (AvgIpc) is 3.25. The standard InChI is InChI=1S/C21H25N3O3S/c1-2-8-22-20(25)15-23-9-11-24(12-10-23)21(26)17-5-3-6-18(14-17)27-16-19-7-4-13-28-19/h2-7,13-14H,1,8-12,15-16H2,(H,22,25). The van der Waals surface area contributed by atoms with Crippen LogP contribution in [0.2, 0.25) is 0 Å². The van der Waals surface area contributed by atoms with Crippen LogP contribution in [0.5, 0.6) is 5.75 Å². The number of benzene rings is 1. The lowest BCUT2D eigenvalue weighted by Gasteiger charge is -2.34. The largest absolute Gasteiger partial charge is 0.488 e. The minimum atomic E-state index is -0.0183. The molecule has 0 aliphatic carbocycles. The number of carbonyl (C=O) groups excluding carboxylic acids is 2. The van der Waals surface area contributed by atoms with Gasteiger partial charge < -0.3 is 15.0 Å². The molecule has 7 heteroatoms. The molecule has 148 valence electrons. The lowest BCUT2D eigenvalue weighted by Crippen LogP contribution is -2.51. The number of nitrogens with one attached hydrogen (secondary N) is 1. The van der Waals surface area contributed by atoms with Crippen LogP contribution in [-0.4, -0.2) is 60.9 Å². The molecule has 3 rings (SSSR count). The molecule has 0 saturated carbocycles. The molecule has 1 N–H and O–H groups in total. The van der Waals surface area contributed by atoms with Gasteiger partial charge in [0.15, 0.2) is 0 Å². The zero-order valence-electron chi connectivity index (χ0n) is 15.8. The SMILES string of the molecule is C=CCNC(=O)CN1CCN(C(=O)c2cccc(OCc3cccs3)c2)CC1. The first-order valence-corrected chi connectivity index (χ1v) is 10.2. The maximum atomic E-state index is 12.8. The van der Waals surface area contributed by atoms with Gasteiger partial charge in [0, 0.05) is 43.2 Å². The van der Waals surface area contributed by atoms with Crippen molar-refractivity contribution in [2.45, 2.75) is 6.61 Å². The van der Waals surface area contributed by atoms with Gasteiger partial charge in [-0.25, -0.2) is 0 Å². The van der Waals surface area contributed by atoms with Crippen LogP contribution in [0.4, 0.5) is 0 Å². The summed E-state index contributed by atoms with van der Waals surface area (Å²) in [6, 6.07) is 11.3. The smallest absolute Gasteiger partial charge is 0.254 e. The Morgan fingerprint density at radius 3 is 2.71 bits per heavy atom. The third kappa shape index (κ3) is 5.68. The molecule has 28 heavy (non-hydrogen) atoms. The molecular weight excluding hydrogens is 374 g/mol. The monoisotopic (exact) mass is 399 g/mol.